The predicted molar refractivity (Wildman–Crippen MR) is 61.7 cm³/mol. The SMILES string of the molecule is CC(=O)[C@@H]1C[C@@]2(CC2C(C)(C)C)CN1C. The van der Waals surface area contributed by atoms with Crippen molar-refractivity contribution < 1.29 is 4.79 Å². The van der Waals surface area contributed by atoms with Gasteiger partial charge in [-0.15, -0.1) is 0 Å². The summed E-state index contributed by atoms with van der Waals surface area (Å²) in [5.74, 6) is 1.16. The first-order valence-corrected chi connectivity index (χ1v) is 5.97. The van der Waals surface area contributed by atoms with Gasteiger partial charge in [0, 0.05) is 6.54 Å². The molecular weight excluding hydrogens is 186 g/mol. The van der Waals surface area contributed by atoms with Crippen LogP contribution in [-0.2, 0) is 4.79 Å². The topological polar surface area (TPSA) is 20.3 Å². The van der Waals surface area contributed by atoms with Gasteiger partial charge in [0.2, 0.25) is 0 Å². The zero-order valence-corrected chi connectivity index (χ0v) is 10.6. The number of likely N-dealkylation sites (N-methyl/N-ethyl adjacent to an activating group) is 1. The van der Waals surface area contributed by atoms with Crippen molar-refractivity contribution in [2.24, 2.45) is 16.7 Å². The zero-order valence-electron chi connectivity index (χ0n) is 10.6. The molecule has 0 aromatic heterocycles. The minimum Gasteiger partial charge on any atom is -0.298 e. The van der Waals surface area contributed by atoms with Gasteiger partial charge in [-0.25, -0.2) is 0 Å². The molecule has 2 aliphatic rings. The highest BCUT2D eigenvalue weighted by Gasteiger charge is 2.63. The fraction of sp³-hybridized carbons (Fsp3) is 0.923. The monoisotopic (exact) mass is 209 g/mol. The number of Topliss-reactive ketones (excluding diaryl/α,β-unsaturated/α-hetero) is 1. The maximum absolute atomic E-state index is 11.5. The van der Waals surface area contributed by atoms with Crippen molar-refractivity contribution in [2.75, 3.05) is 13.6 Å². The van der Waals surface area contributed by atoms with Crippen molar-refractivity contribution in [3.8, 4) is 0 Å². The molecule has 0 amide bonds. The fourth-order valence-electron chi connectivity index (χ4n) is 3.64. The summed E-state index contributed by atoms with van der Waals surface area (Å²) in [6.07, 6.45) is 2.42. The van der Waals surface area contributed by atoms with Crippen molar-refractivity contribution in [1.29, 1.82) is 0 Å². The van der Waals surface area contributed by atoms with E-state index in [1.54, 1.807) is 6.92 Å². The second-order valence-electron chi connectivity index (χ2n) is 6.73. The van der Waals surface area contributed by atoms with E-state index in [-0.39, 0.29) is 6.04 Å². The minimum atomic E-state index is 0.192. The van der Waals surface area contributed by atoms with Crippen LogP contribution in [0.15, 0.2) is 0 Å². The summed E-state index contributed by atoms with van der Waals surface area (Å²) in [7, 11) is 2.10. The number of carbonyl (C=O) groups is 1. The molecule has 1 spiro atoms. The van der Waals surface area contributed by atoms with E-state index in [4.69, 9.17) is 0 Å². The van der Waals surface area contributed by atoms with Crippen LogP contribution in [0.25, 0.3) is 0 Å². The Morgan fingerprint density at radius 2 is 1.93 bits per heavy atom. The quantitative estimate of drug-likeness (QED) is 0.660. The van der Waals surface area contributed by atoms with Crippen LogP contribution in [0.2, 0.25) is 0 Å². The molecule has 0 radical (unpaired) electrons. The van der Waals surface area contributed by atoms with Crippen molar-refractivity contribution in [3.63, 3.8) is 0 Å². The van der Waals surface area contributed by atoms with Crippen LogP contribution < -0.4 is 0 Å². The smallest absolute Gasteiger partial charge is 0.146 e. The minimum absolute atomic E-state index is 0.192. The Balaban J connectivity index is 2.08. The van der Waals surface area contributed by atoms with E-state index in [0.29, 0.717) is 16.6 Å². The molecule has 1 unspecified atom stereocenters. The van der Waals surface area contributed by atoms with E-state index in [2.05, 4.69) is 32.7 Å². The van der Waals surface area contributed by atoms with Gasteiger partial charge in [0.05, 0.1) is 6.04 Å². The third-order valence-electron chi connectivity index (χ3n) is 4.40. The van der Waals surface area contributed by atoms with Crippen molar-refractivity contribution in [2.45, 2.75) is 46.6 Å². The third-order valence-corrected chi connectivity index (χ3v) is 4.40. The first-order chi connectivity index (χ1) is 6.76. The predicted octanol–water partition coefficient (Wildman–Crippen LogP) is 2.33. The Kier molecular flexibility index (Phi) is 2.27. The largest absolute Gasteiger partial charge is 0.298 e. The Morgan fingerprint density at radius 1 is 1.33 bits per heavy atom. The Hall–Kier alpha value is -0.370. The number of likely N-dealkylation sites (tertiary alicyclic amines) is 1. The van der Waals surface area contributed by atoms with Crippen LogP contribution in [-0.4, -0.2) is 30.3 Å². The molecule has 0 aromatic rings. The highest BCUT2D eigenvalue weighted by molar-refractivity contribution is 5.82. The summed E-state index contributed by atoms with van der Waals surface area (Å²) in [5, 5.41) is 0. The van der Waals surface area contributed by atoms with Gasteiger partial charge in [-0.2, -0.15) is 0 Å². The molecule has 1 heterocycles. The van der Waals surface area contributed by atoms with E-state index in [1.807, 2.05) is 0 Å². The Bertz CT molecular complexity index is 291. The lowest BCUT2D eigenvalue weighted by Crippen LogP contribution is -2.30. The molecule has 1 saturated heterocycles. The van der Waals surface area contributed by atoms with E-state index >= 15 is 0 Å². The molecule has 1 saturated carbocycles. The maximum Gasteiger partial charge on any atom is 0.146 e. The standard InChI is InChI=1S/C13H23NO/c1-9(15)10-6-13(8-14(10)5)7-11(13)12(2,3)4/h10-11H,6-8H2,1-5H3/t10-,11?,13+/m0/s1. The molecule has 1 aliphatic carbocycles. The van der Waals surface area contributed by atoms with Crippen molar-refractivity contribution in [1.82, 2.24) is 4.90 Å². The molecule has 3 atom stereocenters. The lowest BCUT2D eigenvalue weighted by atomic mass is 9.83. The van der Waals surface area contributed by atoms with Crippen LogP contribution in [0.1, 0.15) is 40.5 Å². The number of hydrogen-bond donors (Lipinski definition) is 0. The van der Waals surface area contributed by atoms with E-state index in [1.165, 1.54) is 6.42 Å². The molecule has 2 rings (SSSR count). The number of carbonyl (C=O) groups excluding carboxylic acids is 1. The van der Waals surface area contributed by atoms with Crippen LogP contribution in [0.5, 0.6) is 0 Å². The van der Waals surface area contributed by atoms with Crippen molar-refractivity contribution >= 4 is 5.78 Å². The molecule has 2 heteroatoms. The normalized spacial score (nSPS) is 41.1. The fourth-order valence-corrected chi connectivity index (χ4v) is 3.64. The molecule has 2 fully saturated rings. The first kappa shape index (κ1) is 11.1. The average molecular weight is 209 g/mol. The van der Waals surface area contributed by atoms with Gasteiger partial charge < -0.3 is 0 Å². The molecule has 15 heavy (non-hydrogen) atoms. The second kappa shape index (κ2) is 3.07. The summed E-state index contributed by atoms with van der Waals surface area (Å²) >= 11 is 0. The Morgan fingerprint density at radius 3 is 2.27 bits per heavy atom. The van der Waals surface area contributed by atoms with Crippen LogP contribution >= 0.6 is 0 Å². The van der Waals surface area contributed by atoms with Crippen molar-refractivity contribution in [3.05, 3.63) is 0 Å². The highest BCUT2D eigenvalue weighted by Crippen LogP contribution is 2.66. The summed E-state index contributed by atoms with van der Waals surface area (Å²) < 4.78 is 0. The molecule has 86 valence electrons. The third kappa shape index (κ3) is 1.73. The molecule has 0 bridgehead atoms. The molecule has 0 aromatic carbocycles. The number of nitrogens with zero attached hydrogens (tertiary/aromatic N) is 1. The van der Waals surface area contributed by atoms with Crippen LogP contribution in [0.4, 0.5) is 0 Å². The number of rotatable bonds is 1. The van der Waals surface area contributed by atoms with Gasteiger partial charge in [0.1, 0.15) is 5.78 Å². The molecule has 2 nitrogen and oxygen atoms in total. The maximum atomic E-state index is 11.5. The molecule has 1 aliphatic heterocycles. The molecular formula is C13H23NO. The number of ketones is 1. The number of hydrogen-bond acceptors (Lipinski definition) is 2. The van der Waals surface area contributed by atoms with E-state index < -0.39 is 0 Å². The van der Waals surface area contributed by atoms with Gasteiger partial charge >= 0.3 is 0 Å². The van der Waals surface area contributed by atoms with E-state index in [9.17, 15) is 4.79 Å². The zero-order chi connectivity index (χ0) is 11.4. The summed E-state index contributed by atoms with van der Waals surface area (Å²) in [6, 6.07) is 0.192. The van der Waals surface area contributed by atoms with E-state index in [0.717, 1.165) is 18.9 Å². The van der Waals surface area contributed by atoms with Gasteiger partial charge in [0.25, 0.3) is 0 Å². The highest BCUT2D eigenvalue weighted by atomic mass is 16.1. The van der Waals surface area contributed by atoms with Crippen LogP contribution in [0.3, 0.4) is 0 Å². The van der Waals surface area contributed by atoms with Gasteiger partial charge in [-0.3, -0.25) is 9.69 Å². The first-order valence-electron chi connectivity index (χ1n) is 5.97. The van der Waals surface area contributed by atoms with Gasteiger partial charge in [0.15, 0.2) is 0 Å². The lowest BCUT2D eigenvalue weighted by molar-refractivity contribution is -0.120. The van der Waals surface area contributed by atoms with Gasteiger partial charge in [-0.05, 0) is 43.6 Å². The summed E-state index contributed by atoms with van der Waals surface area (Å²) in [6.45, 7) is 9.84. The average Bonchev–Trinajstić information content (AvgIpc) is 2.63. The summed E-state index contributed by atoms with van der Waals surface area (Å²) in [4.78, 5) is 13.7. The lowest BCUT2D eigenvalue weighted by Gasteiger charge is -2.21. The Labute approximate surface area is 93.0 Å². The molecule has 0 N–H and O–H groups in total. The second-order valence-corrected chi connectivity index (χ2v) is 6.73. The summed E-state index contributed by atoms with van der Waals surface area (Å²) in [5.41, 5.74) is 0.885. The van der Waals surface area contributed by atoms with Crippen LogP contribution in [0, 0.1) is 16.7 Å². The van der Waals surface area contributed by atoms with Gasteiger partial charge in [-0.1, -0.05) is 20.8 Å².